The minimum absolute atomic E-state index is 0. The van der Waals surface area contributed by atoms with Crippen molar-refractivity contribution >= 4 is 34.2 Å². The number of nitrogens with one attached hydrogen (secondary N) is 1. The SMILES string of the molecule is CNC1CCCN(C(=O)CCOc2ccccc2Br)C1.Cl. The number of rotatable bonds is 5. The van der Waals surface area contributed by atoms with E-state index in [-0.39, 0.29) is 18.3 Å². The average Bonchev–Trinajstić information content (AvgIpc) is 2.49. The number of benzene rings is 1. The molecule has 1 amide bonds. The quantitative estimate of drug-likeness (QED) is 0.858. The van der Waals surface area contributed by atoms with Crippen LogP contribution in [0.1, 0.15) is 19.3 Å². The summed E-state index contributed by atoms with van der Waals surface area (Å²) in [6, 6.07) is 8.11. The van der Waals surface area contributed by atoms with Crippen molar-refractivity contribution in [2.45, 2.75) is 25.3 Å². The summed E-state index contributed by atoms with van der Waals surface area (Å²) in [4.78, 5) is 14.1. The molecule has 1 N–H and O–H groups in total. The largest absolute Gasteiger partial charge is 0.492 e. The summed E-state index contributed by atoms with van der Waals surface area (Å²) >= 11 is 3.43. The molecule has 0 bridgehead atoms. The van der Waals surface area contributed by atoms with Crippen molar-refractivity contribution in [3.63, 3.8) is 0 Å². The van der Waals surface area contributed by atoms with Crippen molar-refractivity contribution in [3.05, 3.63) is 28.7 Å². The van der Waals surface area contributed by atoms with Gasteiger partial charge >= 0.3 is 0 Å². The molecule has 0 spiro atoms. The van der Waals surface area contributed by atoms with Crippen molar-refractivity contribution in [3.8, 4) is 5.75 Å². The van der Waals surface area contributed by atoms with E-state index in [0.717, 1.165) is 36.2 Å². The molecule has 1 fully saturated rings. The zero-order chi connectivity index (χ0) is 14.4. The fourth-order valence-electron chi connectivity index (χ4n) is 2.41. The second-order valence-corrected chi connectivity index (χ2v) is 5.85. The topological polar surface area (TPSA) is 41.6 Å². The van der Waals surface area contributed by atoms with Gasteiger partial charge in [0.1, 0.15) is 5.75 Å². The smallest absolute Gasteiger partial charge is 0.226 e. The summed E-state index contributed by atoms with van der Waals surface area (Å²) in [5.74, 6) is 0.962. The summed E-state index contributed by atoms with van der Waals surface area (Å²) in [7, 11) is 1.95. The van der Waals surface area contributed by atoms with E-state index in [2.05, 4.69) is 21.2 Å². The maximum absolute atomic E-state index is 12.1. The van der Waals surface area contributed by atoms with Crippen LogP contribution in [0.25, 0.3) is 0 Å². The van der Waals surface area contributed by atoms with Crippen LogP contribution in [0.2, 0.25) is 0 Å². The lowest BCUT2D eigenvalue weighted by Crippen LogP contribution is -2.47. The van der Waals surface area contributed by atoms with Crippen LogP contribution in [0, 0.1) is 0 Å². The van der Waals surface area contributed by atoms with E-state index >= 15 is 0 Å². The Hall–Kier alpha value is -0.780. The van der Waals surface area contributed by atoms with E-state index in [4.69, 9.17) is 4.74 Å². The molecule has 1 aliphatic rings. The highest BCUT2D eigenvalue weighted by Crippen LogP contribution is 2.23. The lowest BCUT2D eigenvalue weighted by molar-refractivity contribution is -0.133. The van der Waals surface area contributed by atoms with Crippen molar-refractivity contribution in [1.82, 2.24) is 10.2 Å². The highest BCUT2D eigenvalue weighted by atomic mass is 79.9. The number of likely N-dealkylation sites (N-methyl/N-ethyl adjacent to an activating group) is 1. The first kappa shape index (κ1) is 18.3. The lowest BCUT2D eigenvalue weighted by atomic mass is 10.1. The van der Waals surface area contributed by atoms with Gasteiger partial charge in [0.25, 0.3) is 0 Å². The van der Waals surface area contributed by atoms with E-state index in [1.165, 1.54) is 0 Å². The number of hydrogen-bond acceptors (Lipinski definition) is 3. The van der Waals surface area contributed by atoms with Crippen molar-refractivity contribution in [1.29, 1.82) is 0 Å². The molecule has 0 radical (unpaired) electrons. The van der Waals surface area contributed by atoms with Crippen LogP contribution in [0.3, 0.4) is 0 Å². The second-order valence-electron chi connectivity index (χ2n) is 5.00. The summed E-state index contributed by atoms with van der Waals surface area (Å²) in [5, 5.41) is 3.25. The van der Waals surface area contributed by atoms with Gasteiger partial charge in [-0.3, -0.25) is 4.79 Å². The molecule has 1 aliphatic heterocycles. The molecule has 1 saturated heterocycles. The van der Waals surface area contributed by atoms with Gasteiger partial charge in [0.2, 0.25) is 5.91 Å². The Balaban J connectivity index is 0.00000220. The second kappa shape index (κ2) is 9.28. The number of carbonyl (C=O) groups is 1. The molecule has 2 rings (SSSR count). The summed E-state index contributed by atoms with van der Waals surface area (Å²) in [6.45, 7) is 2.10. The molecule has 118 valence electrons. The molecule has 0 saturated carbocycles. The minimum atomic E-state index is 0. The monoisotopic (exact) mass is 376 g/mol. The number of ether oxygens (including phenoxy) is 1. The molecule has 1 heterocycles. The zero-order valence-corrected chi connectivity index (χ0v) is 14.6. The Morgan fingerprint density at radius 3 is 2.95 bits per heavy atom. The van der Waals surface area contributed by atoms with Crippen LogP contribution in [0.15, 0.2) is 28.7 Å². The normalized spacial score (nSPS) is 18.0. The third-order valence-electron chi connectivity index (χ3n) is 3.59. The van der Waals surface area contributed by atoms with Gasteiger partial charge in [-0.2, -0.15) is 0 Å². The number of hydrogen-bond donors (Lipinski definition) is 1. The molecule has 1 aromatic rings. The molecule has 4 nitrogen and oxygen atoms in total. The van der Waals surface area contributed by atoms with Gasteiger partial charge in [-0.1, -0.05) is 12.1 Å². The van der Waals surface area contributed by atoms with Gasteiger partial charge in [-0.05, 0) is 48.0 Å². The van der Waals surface area contributed by atoms with Crippen LogP contribution in [-0.4, -0.2) is 43.6 Å². The number of likely N-dealkylation sites (tertiary alicyclic amines) is 1. The van der Waals surface area contributed by atoms with Gasteiger partial charge in [-0.25, -0.2) is 0 Å². The molecule has 0 aliphatic carbocycles. The fourth-order valence-corrected chi connectivity index (χ4v) is 2.81. The van der Waals surface area contributed by atoms with Crippen LogP contribution < -0.4 is 10.1 Å². The first-order valence-corrected chi connectivity index (χ1v) is 7.82. The molecule has 1 aromatic carbocycles. The number of piperidine rings is 1. The highest BCUT2D eigenvalue weighted by molar-refractivity contribution is 9.10. The maximum Gasteiger partial charge on any atom is 0.226 e. The zero-order valence-electron chi connectivity index (χ0n) is 12.2. The third kappa shape index (κ3) is 5.49. The van der Waals surface area contributed by atoms with E-state index < -0.39 is 0 Å². The Bertz CT molecular complexity index is 459. The van der Waals surface area contributed by atoms with Crippen LogP contribution in [-0.2, 0) is 4.79 Å². The number of carbonyl (C=O) groups excluding carboxylic acids is 1. The average molecular weight is 378 g/mol. The summed E-state index contributed by atoms with van der Waals surface area (Å²) in [6.07, 6.45) is 2.65. The first-order chi connectivity index (χ1) is 9.70. The van der Waals surface area contributed by atoms with E-state index in [9.17, 15) is 4.79 Å². The Kier molecular flexibility index (Phi) is 8.07. The summed E-state index contributed by atoms with van der Waals surface area (Å²) < 4.78 is 6.56. The van der Waals surface area contributed by atoms with Crippen molar-refractivity contribution < 1.29 is 9.53 Å². The fraction of sp³-hybridized carbons (Fsp3) is 0.533. The molecular weight excluding hydrogens is 356 g/mol. The number of halogens is 2. The van der Waals surface area contributed by atoms with Crippen LogP contribution >= 0.6 is 28.3 Å². The lowest BCUT2D eigenvalue weighted by Gasteiger charge is -2.32. The minimum Gasteiger partial charge on any atom is -0.492 e. The van der Waals surface area contributed by atoms with Crippen LogP contribution in [0.5, 0.6) is 5.75 Å². The maximum atomic E-state index is 12.1. The van der Waals surface area contributed by atoms with E-state index in [0.29, 0.717) is 19.1 Å². The Morgan fingerprint density at radius 1 is 1.48 bits per heavy atom. The summed E-state index contributed by atoms with van der Waals surface area (Å²) in [5.41, 5.74) is 0. The van der Waals surface area contributed by atoms with Gasteiger partial charge in [0, 0.05) is 19.1 Å². The van der Waals surface area contributed by atoms with Crippen LogP contribution in [0.4, 0.5) is 0 Å². The standard InChI is InChI=1S/C15H21BrN2O2.ClH/c1-17-12-5-4-9-18(11-12)15(19)8-10-20-14-7-3-2-6-13(14)16;/h2-3,6-7,12,17H,4-5,8-11H2,1H3;1H. The van der Waals surface area contributed by atoms with Gasteiger partial charge in [0.05, 0.1) is 17.5 Å². The predicted molar refractivity (Wildman–Crippen MR) is 90.2 cm³/mol. The molecular formula is C15H22BrClN2O2. The third-order valence-corrected chi connectivity index (χ3v) is 4.25. The van der Waals surface area contributed by atoms with Gasteiger partial charge in [-0.15, -0.1) is 12.4 Å². The number of para-hydroxylation sites is 1. The van der Waals surface area contributed by atoms with E-state index in [1.807, 2.05) is 36.2 Å². The van der Waals surface area contributed by atoms with E-state index in [1.54, 1.807) is 0 Å². The molecule has 6 heteroatoms. The van der Waals surface area contributed by atoms with Crippen molar-refractivity contribution in [2.75, 3.05) is 26.7 Å². The number of nitrogens with zero attached hydrogens (tertiary/aromatic N) is 1. The Morgan fingerprint density at radius 2 is 2.24 bits per heavy atom. The molecule has 21 heavy (non-hydrogen) atoms. The molecule has 1 atom stereocenters. The Labute approximate surface area is 140 Å². The first-order valence-electron chi connectivity index (χ1n) is 7.03. The highest BCUT2D eigenvalue weighted by Gasteiger charge is 2.22. The van der Waals surface area contributed by atoms with Gasteiger partial charge < -0.3 is 15.0 Å². The van der Waals surface area contributed by atoms with Gasteiger partial charge in [0.15, 0.2) is 0 Å². The molecule has 0 aromatic heterocycles. The molecule has 1 unspecified atom stereocenters. The van der Waals surface area contributed by atoms with Crippen molar-refractivity contribution in [2.24, 2.45) is 0 Å². The number of amides is 1. The predicted octanol–water partition coefficient (Wildman–Crippen LogP) is 2.85.